The van der Waals surface area contributed by atoms with Gasteiger partial charge in [-0.05, 0) is 35.9 Å². The molecule has 29 heavy (non-hydrogen) atoms. The second kappa shape index (κ2) is 7.28. The molecule has 5 aromatic rings. The molecule has 0 radical (unpaired) electrons. The highest BCUT2D eigenvalue weighted by Crippen LogP contribution is 2.25. The maximum absolute atomic E-state index is 12.9. The molecule has 5 nitrogen and oxygen atoms in total. The molecule has 5 rings (SSSR count). The number of H-pyrrole nitrogens is 2. The Hall–Kier alpha value is -3.86. The SMILES string of the molecule is O=C(NC(Cc1c[nH]c2ccccc12)c1nc2ccccc2[nH]1)c1ccccc1. The van der Waals surface area contributed by atoms with Crippen molar-refractivity contribution in [3.63, 3.8) is 0 Å². The van der Waals surface area contributed by atoms with E-state index in [9.17, 15) is 4.79 Å². The highest BCUT2D eigenvalue weighted by molar-refractivity contribution is 5.94. The normalized spacial score (nSPS) is 12.3. The maximum atomic E-state index is 12.9. The average molecular weight is 380 g/mol. The first-order valence-corrected chi connectivity index (χ1v) is 9.63. The summed E-state index contributed by atoms with van der Waals surface area (Å²) in [6, 6.07) is 25.1. The van der Waals surface area contributed by atoms with Crippen molar-refractivity contribution in [2.75, 3.05) is 0 Å². The zero-order chi connectivity index (χ0) is 19.6. The fourth-order valence-corrected chi connectivity index (χ4v) is 3.71. The van der Waals surface area contributed by atoms with Gasteiger partial charge in [0.25, 0.3) is 5.91 Å². The van der Waals surface area contributed by atoms with Crippen LogP contribution in [-0.2, 0) is 6.42 Å². The van der Waals surface area contributed by atoms with Gasteiger partial charge < -0.3 is 15.3 Å². The van der Waals surface area contributed by atoms with Crippen molar-refractivity contribution in [3.05, 3.63) is 102 Å². The van der Waals surface area contributed by atoms with Crippen molar-refractivity contribution in [2.24, 2.45) is 0 Å². The number of nitrogens with one attached hydrogen (secondary N) is 3. The molecule has 142 valence electrons. The summed E-state index contributed by atoms with van der Waals surface area (Å²) in [5.41, 5.74) is 4.70. The highest BCUT2D eigenvalue weighted by Gasteiger charge is 2.21. The minimum absolute atomic E-state index is 0.115. The van der Waals surface area contributed by atoms with Crippen LogP contribution in [0.25, 0.3) is 21.9 Å². The first-order chi connectivity index (χ1) is 14.3. The van der Waals surface area contributed by atoms with Gasteiger partial charge >= 0.3 is 0 Å². The lowest BCUT2D eigenvalue weighted by Crippen LogP contribution is -2.30. The number of aromatic nitrogens is 3. The second-order valence-corrected chi connectivity index (χ2v) is 7.09. The molecule has 1 unspecified atom stereocenters. The maximum Gasteiger partial charge on any atom is 0.251 e. The molecule has 3 aromatic carbocycles. The van der Waals surface area contributed by atoms with Gasteiger partial charge in [-0.25, -0.2) is 4.98 Å². The minimum atomic E-state index is -0.283. The zero-order valence-corrected chi connectivity index (χ0v) is 15.7. The van der Waals surface area contributed by atoms with Crippen molar-refractivity contribution in [3.8, 4) is 0 Å². The molecular weight excluding hydrogens is 360 g/mol. The van der Waals surface area contributed by atoms with Gasteiger partial charge in [0.15, 0.2) is 0 Å². The lowest BCUT2D eigenvalue weighted by atomic mass is 10.0. The number of nitrogens with zero attached hydrogens (tertiary/aromatic N) is 1. The van der Waals surface area contributed by atoms with Crippen LogP contribution in [0.5, 0.6) is 0 Å². The van der Waals surface area contributed by atoms with Crippen LogP contribution in [0.4, 0.5) is 0 Å². The number of fused-ring (bicyclic) bond motifs is 2. The van der Waals surface area contributed by atoms with Crippen molar-refractivity contribution >= 4 is 27.8 Å². The number of imidazole rings is 1. The van der Waals surface area contributed by atoms with E-state index >= 15 is 0 Å². The number of aromatic amines is 2. The van der Waals surface area contributed by atoms with Gasteiger partial charge in [0.05, 0.1) is 17.1 Å². The third-order valence-electron chi connectivity index (χ3n) is 5.18. The molecule has 0 aliphatic rings. The quantitative estimate of drug-likeness (QED) is 0.411. The van der Waals surface area contributed by atoms with Gasteiger partial charge in [0.2, 0.25) is 0 Å². The molecule has 2 heterocycles. The number of hydrogen-bond donors (Lipinski definition) is 3. The van der Waals surface area contributed by atoms with E-state index < -0.39 is 0 Å². The van der Waals surface area contributed by atoms with Gasteiger partial charge in [0.1, 0.15) is 5.82 Å². The van der Waals surface area contributed by atoms with Crippen molar-refractivity contribution in [1.82, 2.24) is 20.3 Å². The Kier molecular flexibility index (Phi) is 4.33. The van der Waals surface area contributed by atoms with E-state index in [1.807, 2.05) is 72.9 Å². The number of benzene rings is 3. The van der Waals surface area contributed by atoms with Crippen molar-refractivity contribution in [2.45, 2.75) is 12.5 Å². The van der Waals surface area contributed by atoms with Gasteiger partial charge in [0, 0.05) is 29.1 Å². The third kappa shape index (κ3) is 3.38. The number of carbonyl (C=O) groups excluding carboxylic acids is 1. The van der Waals surface area contributed by atoms with Crippen LogP contribution in [0, 0.1) is 0 Å². The standard InChI is InChI=1S/C24H20N4O/c29-24(16-8-2-1-3-9-16)28-22(23-26-20-12-6-7-13-21(20)27-23)14-17-15-25-19-11-5-4-10-18(17)19/h1-13,15,22,25H,14H2,(H,26,27)(H,28,29). The Morgan fingerprint density at radius 3 is 2.45 bits per heavy atom. The van der Waals surface area contributed by atoms with Crippen LogP contribution in [0.3, 0.4) is 0 Å². The van der Waals surface area contributed by atoms with Crippen LogP contribution in [0.15, 0.2) is 85.1 Å². The van der Waals surface area contributed by atoms with Crippen LogP contribution >= 0.6 is 0 Å². The summed E-state index contributed by atoms with van der Waals surface area (Å²) >= 11 is 0. The molecule has 0 aliphatic carbocycles. The Balaban J connectivity index is 1.52. The molecule has 1 atom stereocenters. The number of para-hydroxylation sites is 3. The third-order valence-corrected chi connectivity index (χ3v) is 5.18. The Morgan fingerprint density at radius 1 is 0.897 bits per heavy atom. The van der Waals surface area contributed by atoms with Crippen molar-refractivity contribution < 1.29 is 4.79 Å². The molecule has 0 spiro atoms. The predicted molar refractivity (Wildman–Crippen MR) is 115 cm³/mol. The highest BCUT2D eigenvalue weighted by atomic mass is 16.1. The van der Waals surface area contributed by atoms with Crippen LogP contribution < -0.4 is 5.32 Å². The number of hydrogen-bond acceptors (Lipinski definition) is 2. The monoisotopic (exact) mass is 380 g/mol. The van der Waals surface area contributed by atoms with E-state index in [1.165, 1.54) is 0 Å². The molecule has 0 aliphatic heterocycles. The summed E-state index contributed by atoms with van der Waals surface area (Å²) < 4.78 is 0. The Labute approximate surface area is 167 Å². The molecular formula is C24H20N4O. The molecule has 0 fully saturated rings. The molecule has 3 N–H and O–H groups in total. The molecule has 5 heteroatoms. The summed E-state index contributed by atoms with van der Waals surface area (Å²) in [5, 5.41) is 4.32. The summed E-state index contributed by atoms with van der Waals surface area (Å²) in [5.74, 6) is 0.636. The lowest BCUT2D eigenvalue weighted by molar-refractivity contribution is 0.0935. The summed E-state index contributed by atoms with van der Waals surface area (Å²) in [7, 11) is 0. The largest absolute Gasteiger partial charge is 0.361 e. The van der Waals surface area contributed by atoms with Crippen molar-refractivity contribution in [1.29, 1.82) is 0 Å². The molecule has 0 bridgehead atoms. The zero-order valence-electron chi connectivity index (χ0n) is 15.7. The molecule has 1 amide bonds. The number of amides is 1. The fraction of sp³-hybridized carbons (Fsp3) is 0.0833. The van der Waals surface area contributed by atoms with Gasteiger partial charge in [-0.15, -0.1) is 0 Å². The van der Waals surface area contributed by atoms with Crippen LogP contribution in [-0.4, -0.2) is 20.9 Å². The first-order valence-electron chi connectivity index (χ1n) is 9.63. The second-order valence-electron chi connectivity index (χ2n) is 7.09. The lowest BCUT2D eigenvalue weighted by Gasteiger charge is -2.17. The minimum Gasteiger partial charge on any atom is -0.361 e. The van der Waals surface area contributed by atoms with Gasteiger partial charge in [-0.1, -0.05) is 48.5 Å². The number of rotatable bonds is 5. The fourth-order valence-electron chi connectivity index (χ4n) is 3.71. The Bertz CT molecular complexity index is 1250. The molecule has 2 aromatic heterocycles. The Morgan fingerprint density at radius 2 is 1.62 bits per heavy atom. The van der Waals surface area contributed by atoms with E-state index in [4.69, 9.17) is 4.98 Å². The summed E-state index contributed by atoms with van der Waals surface area (Å²) in [4.78, 5) is 24.3. The van der Waals surface area contributed by atoms with Crippen LogP contribution in [0.2, 0.25) is 0 Å². The van der Waals surface area contributed by atoms with Crippen LogP contribution in [0.1, 0.15) is 27.8 Å². The van der Waals surface area contributed by atoms with E-state index in [0.717, 1.165) is 33.3 Å². The molecule has 0 saturated heterocycles. The van der Waals surface area contributed by atoms with E-state index in [-0.39, 0.29) is 11.9 Å². The summed E-state index contributed by atoms with van der Waals surface area (Å²) in [6.45, 7) is 0. The first kappa shape index (κ1) is 17.3. The van der Waals surface area contributed by atoms with Gasteiger partial charge in [-0.2, -0.15) is 0 Å². The smallest absolute Gasteiger partial charge is 0.251 e. The van der Waals surface area contributed by atoms with E-state index in [2.05, 4.69) is 27.4 Å². The number of carbonyl (C=O) groups is 1. The summed E-state index contributed by atoms with van der Waals surface area (Å²) in [6.07, 6.45) is 2.64. The van der Waals surface area contributed by atoms with Gasteiger partial charge in [-0.3, -0.25) is 4.79 Å². The van der Waals surface area contributed by atoms with E-state index in [1.54, 1.807) is 0 Å². The van der Waals surface area contributed by atoms with E-state index in [0.29, 0.717) is 12.0 Å². The predicted octanol–water partition coefficient (Wildman–Crippen LogP) is 4.76. The topological polar surface area (TPSA) is 73.6 Å². The average Bonchev–Trinajstić information content (AvgIpc) is 3.38. The molecule has 0 saturated carbocycles.